The predicted octanol–water partition coefficient (Wildman–Crippen LogP) is 11.2. The molecule has 0 aliphatic rings. The number of benzene rings is 8. The van der Waals surface area contributed by atoms with Crippen molar-refractivity contribution in [2.24, 2.45) is 0 Å². The fourth-order valence-corrected chi connectivity index (χ4v) is 7.28. The van der Waals surface area contributed by atoms with Crippen LogP contribution < -0.4 is 24.3 Å². The van der Waals surface area contributed by atoms with Gasteiger partial charge in [0.05, 0.1) is 23.2 Å². The molecule has 1 amide bonds. The van der Waals surface area contributed by atoms with Crippen LogP contribution in [-0.2, 0) is 42.5 Å². The van der Waals surface area contributed by atoms with Crippen molar-refractivity contribution in [2.45, 2.75) is 33.0 Å². The maximum Gasteiger partial charge on any atom is 0.339 e. The Morgan fingerprint density at radius 3 is 1.30 bits per heavy atom. The number of nitrogens with one attached hydrogen (secondary N) is 1. The third kappa shape index (κ3) is 13.1. The van der Waals surface area contributed by atoms with E-state index in [1.54, 1.807) is 36.4 Å². The van der Waals surface area contributed by atoms with Crippen molar-refractivity contribution in [2.75, 3.05) is 13.2 Å². The number of esters is 2. The SMILES string of the molecule is O=C(NCCOC(=O)c1cc(OCc2ccccc2)c(C(=O)c2c(OCc3ccccc3)cccc2C(=O)OCc2ccccc2)c(OCc2ccccc2)c1)c1ccc(OCc2ccccc2)cc1. The van der Waals surface area contributed by atoms with Crippen molar-refractivity contribution in [1.82, 2.24) is 5.32 Å². The first-order valence-corrected chi connectivity index (χ1v) is 22.7. The van der Waals surface area contributed by atoms with E-state index < -0.39 is 17.7 Å². The predicted molar refractivity (Wildman–Crippen MR) is 264 cm³/mol. The van der Waals surface area contributed by atoms with Gasteiger partial charge in [-0.3, -0.25) is 9.59 Å². The average Bonchev–Trinajstić information content (AvgIpc) is 3.42. The summed E-state index contributed by atoms with van der Waals surface area (Å²) in [7, 11) is 0. The van der Waals surface area contributed by atoms with Gasteiger partial charge in [0.15, 0.2) is 0 Å². The number of hydrogen-bond donors (Lipinski definition) is 1. The number of ketones is 1. The minimum Gasteiger partial charge on any atom is -0.489 e. The first-order valence-electron chi connectivity index (χ1n) is 22.7. The number of ether oxygens (including phenoxy) is 6. The lowest BCUT2D eigenvalue weighted by atomic mass is 9.94. The van der Waals surface area contributed by atoms with Gasteiger partial charge in [0, 0.05) is 5.56 Å². The highest BCUT2D eigenvalue weighted by Crippen LogP contribution is 2.38. The summed E-state index contributed by atoms with van der Waals surface area (Å²) in [4.78, 5) is 56.6. The number of rotatable bonds is 22. The summed E-state index contributed by atoms with van der Waals surface area (Å²) in [5, 5.41) is 2.78. The van der Waals surface area contributed by atoms with Crippen molar-refractivity contribution >= 4 is 23.6 Å². The Morgan fingerprint density at radius 2 is 0.814 bits per heavy atom. The zero-order valence-corrected chi connectivity index (χ0v) is 38.2. The minimum absolute atomic E-state index is 0.00202. The van der Waals surface area contributed by atoms with Crippen LogP contribution in [0.1, 0.15) is 74.8 Å². The summed E-state index contributed by atoms with van der Waals surface area (Å²) in [5.41, 5.74) is 4.37. The summed E-state index contributed by atoms with van der Waals surface area (Å²) < 4.78 is 36.5. The molecule has 11 heteroatoms. The van der Waals surface area contributed by atoms with Crippen molar-refractivity contribution in [3.63, 3.8) is 0 Å². The molecule has 0 saturated carbocycles. The molecule has 11 nitrogen and oxygen atoms in total. The molecular formula is C59H49NO10. The molecule has 0 heterocycles. The highest BCUT2D eigenvalue weighted by Gasteiger charge is 2.31. The molecule has 0 bridgehead atoms. The molecule has 0 aromatic heterocycles. The van der Waals surface area contributed by atoms with Crippen molar-refractivity contribution in [3.8, 4) is 23.0 Å². The number of carbonyl (C=O) groups excluding carboxylic acids is 4. The van der Waals surface area contributed by atoms with Crippen LogP contribution in [0.5, 0.6) is 23.0 Å². The van der Waals surface area contributed by atoms with Crippen LogP contribution in [0.25, 0.3) is 0 Å². The highest BCUT2D eigenvalue weighted by molar-refractivity contribution is 6.19. The van der Waals surface area contributed by atoms with E-state index in [-0.39, 0.29) is 85.0 Å². The monoisotopic (exact) mass is 931 g/mol. The number of amides is 1. The molecule has 0 spiro atoms. The van der Waals surface area contributed by atoms with Gasteiger partial charge in [-0.2, -0.15) is 0 Å². The summed E-state index contributed by atoms with van der Waals surface area (Å²) in [6.07, 6.45) is 0. The summed E-state index contributed by atoms with van der Waals surface area (Å²) in [5.74, 6) is -1.87. The minimum atomic E-state index is -0.765. The molecule has 0 saturated heterocycles. The summed E-state index contributed by atoms with van der Waals surface area (Å²) in [6, 6.07) is 61.3. The number of carbonyl (C=O) groups is 4. The Morgan fingerprint density at radius 1 is 0.371 bits per heavy atom. The molecule has 1 N–H and O–H groups in total. The Hall–Kier alpha value is -8.96. The van der Waals surface area contributed by atoms with Crippen LogP contribution in [0, 0.1) is 0 Å². The van der Waals surface area contributed by atoms with Crippen LogP contribution in [0.15, 0.2) is 206 Å². The van der Waals surface area contributed by atoms with Gasteiger partial charge in [0.25, 0.3) is 5.91 Å². The molecule has 0 unspecified atom stereocenters. The second kappa shape index (κ2) is 24.2. The first-order chi connectivity index (χ1) is 34.4. The molecule has 8 aromatic carbocycles. The molecule has 350 valence electrons. The van der Waals surface area contributed by atoms with E-state index in [0.29, 0.717) is 17.9 Å². The summed E-state index contributed by atoms with van der Waals surface area (Å²) in [6.45, 7) is 0.265. The lowest BCUT2D eigenvalue weighted by Gasteiger charge is -2.20. The fraction of sp³-hybridized carbons (Fsp3) is 0.119. The average molecular weight is 932 g/mol. The van der Waals surface area contributed by atoms with E-state index >= 15 is 4.79 Å². The molecule has 0 radical (unpaired) electrons. The van der Waals surface area contributed by atoms with E-state index in [2.05, 4.69) is 5.32 Å². The standard InChI is InChI=1S/C59H49NO10/c61-56(54-50(59(64)70-41-46-25-14-5-15-26-46)27-16-28-51(54)67-38-43-19-8-2-9-20-43)55-52(68-39-44-21-10-3-11-22-44)35-48(36-53(55)69-40-45-23-12-4-13-24-45)58(63)65-34-33-60-57(62)47-29-31-49(32-30-47)66-37-42-17-6-1-7-18-42/h1-32,35-36H,33-34,37-41H2,(H,60,62). The third-order valence-electron chi connectivity index (χ3n) is 10.9. The second-order valence-electron chi connectivity index (χ2n) is 15.9. The molecule has 0 atom stereocenters. The van der Waals surface area contributed by atoms with E-state index in [4.69, 9.17) is 28.4 Å². The molecule has 8 aromatic rings. The quantitative estimate of drug-likeness (QED) is 0.0397. The molecule has 8 rings (SSSR count). The third-order valence-corrected chi connectivity index (χ3v) is 10.9. The Bertz CT molecular complexity index is 2920. The van der Waals surface area contributed by atoms with Crippen LogP contribution in [0.3, 0.4) is 0 Å². The Labute approximate surface area is 406 Å². The van der Waals surface area contributed by atoms with E-state index in [1.165, 1.54) is 18.2 Å². The summed E-state index contributed by atoms with van der Waals surface area (Å²) >= 11 is 0. The van der Waals surface area contributed by atoms with Gasteiger partial charge < -0.3 is 33.7 Å². The van der Waals surface area contributed by atoms with E-state index in [0.717, 1.165) is 27.8 Å². The smallest absolute Gasteiger partial charge is 0.339 e. The van der Waals surface area contributed by atoms with Gasteiger partial charge in [-0.15, -0.1) is 0 Å². The molecule has 0 aliphatic carbocycles. The fourth-order valence-electron chi connectivity index (χ4n) is 7.28. The van der Waals surface area contributed by atoms with Gasteiger partial charge in [0.2, 0.25) is 5.78 Å². The van der Waals surface area contributed by atoms with Crippen LogP contribution in [-0.4, -0.2) is 36.8 Å². The maximum atomic E-state index is 15.5. The van der Waals surface area contributed by atoms with Crippen LogP contribution >= 0.6 is 0 Å². The Balaban J connectivity index is 1.08. The van der Waals surface area contributed by atoms with E-state index in [9.17, 15) is 14.4 Å². The largest absolute Gasteiger partial charge is 0.489 e. The maximum absolute atomic E-state index is 15.5. The molecule has 0 aliphatic heterocycles. The van der Waals surface area contributed by atoms with Gasteiger partial charge >= 0.3 is 11.9 Å². The second-order valence-corrected chi connectivity index (χ2v) is 15.9. The van der Waals surface area contributed by atoms with Gasteiger partial charge in [-0.05, 0) is 76.3 Å². The van der Waals surface area contributed by atoms with Crippen molar-refractivity contribution in [3.05, 3.63) is 262 Å². The molecular weight excluding hydrogens is 883 g/mol. The lowest BCUT2D eigenvalue weighted by molar-refractivity contribution is 0.0468. The molecule has 0 fully saturated rings. The first kappa shape index (κ1) is 47.5. The van der Waals surface area contributed by atoms with Gasteiger partial charge in [-0.25, -0.2) is 9.59 Å². The normalized spacial score (nSPS) is 10.6. The highest BCUT2D eigenvalue weighted by atomic mass is 16.5. The lowest BCUT2D eigenvalue weighted by Crippen LogP contribution is -2.28. The molecule has 70 heavy (non-hydrogen) atoms. The zero-order valence-electron chi connectivity index (χ0n) is 38.2. The van der Waals surface area contributed by atoms with Crippen LogP contribution in [0.4, 0.5) is 0 Å². The topological polar surface area (TPSA) is 136 Å². The Kier molecular flexibility index (Phi) is 16.4. The van der Waals surface area contributed by atoms with Gasteiger partial charge in [0.1, 0.15) is 68.2 Å². The number of hydrogen-bond acceptors (Lipinski definition) is 10. The van der Waals surface area contributed by atoms with E-state index in [1.807, 2.05) is 152 Å². The zero-order chi connectivity index (χ0) is 48.3. The van der Waals surface area contributed by atoms with Crippen molar-refractivity contribution < 1.29 is 47.6 Å². The van der Waals surface area contributed by atoms with Crippen LogP contribution in [0.2, 0.25) is 0 Å². The van der Waals surface area contributed by atoms with Gasteiger partial charge in [-0.1, -0.05) is 158 Å². The van der Waals surface area contributed by atoms with Crippen molar-refractivity contribution in [1.29, 1.82) is 0 Å².